The third kappa shape index (κ3) is 3.35. The Morgan fingerprint density at radius 1 is 1.30 bits per heavy atom. The number of pyridine rings is 1. The van der Waals surface area contributed by atoms with Crippen LogP contribution in [0, 0.1) is 0 Å². The van der Waals surface area contributed by atoms with Crippen molar-refractivity contribution in [2.24, 2.45) is 0 Å². The van der Waals surface area contributed by atoms with E-state index in [0.29, 0.717) is 5.56 Å². The molecule has 0 saturated carbocycles. The molecule has 4 nitrogen and oxygen atoms in total. The van der Waals surface area contributed by atoms with Crippen LogP contribution in [0.2, 0.25) is 0 Å². The van der Waals surface area contributed by atoms with Gasteiger partial charge in [0.15, 0.2) is 0 Å². The van der Waals surface area contributed by atoms with Gasteiger partial charge in [-0.1, -0.05) is 19.1 Å². The lowest BCUT2D eigenvalue weighted by molar-refractivity contribution is 0.0935. The Labute approximate surface area is 118 Å². The van der Waals surface area contributed by atoms with E-state index in [1.807, 2.05) is 31.2 Å². The fourth-order valence-electron chi connectivity index (χ4n) is 2.00. The van der Waals surface area contributed by atoms with Gasteiger partial charge in [-0.2, -0.15) is 0 Å². The third-order valence-corrected chi connectivity index (χ3v) is 3.16. The summed E-state index contributed by atoms with van der Waals surface area (Å²) in [7, 11) is 1.64. The van der Waals surface area contributed by atoms with E-state index < -0.39 is 0 Å². The number of carbonyl (C=O) groups excluding carboxylic acids is 1. The summed E-state index contributed by atoms with van der Waals surface area (Å²) in [5, 5.41) is 3.02. The van der Waals surface area contributed by atoms with Gasteiger partial charge >= 0.3 is 0 Å². The maximum Gasteiger partial charge on any atom is 0.253 e. The Balaban J connectivity index is 2.10. The van der Waals surface area contributed by atoms with E-state index in [9.17, 15) is 4.79 Å². The maximum absolute atomic E-state index is 12.1. The van der Waals surface area contributed by atoms with E-state index in [1.54, 1.807) is 31.6 Å². The van der Waals surface area contributed by atoms with Crippen LogP contribution in [-0.4, -0.2) is 18.0 Å². The molecule has 1 aromatic carbocycles. The second-order valence-electron chi connectivity index (χ2n) is 4.45. The standard InChI is InChI=1S/C16H18N2O2/c1-3-15(12-6-8-14(20-2)9-7-12)18-16(19)13-5-4-10-17-11-13/h4-11,15H,3H2,1-2H3,(H,18,19). The topological polar surface area (TPSA) is 51.2 Å². The van der Waals surface area contributed by atoms with Crippen molar-refractivity contribution in [2.75, 3.05) is 7.11 Å². The van der Waals surface area contributed by atoms with E-state index >= 15 is 0 Å². The summed E-state index contributed by atoms with van der Waals surface area (Å²) in [6, 6.07) is 11.2. The van der Waals surface area contributed by atoms with Crippen LogP contribution in [0.25, 0.3) is 0 Å². The first kappa shape index (κ1) is 14.1. The monoisotopic (exact) mass is 270 g/mol. The second-order valence-corrected chi connectivity index (χ2v) is 4.45. The third-order valence-electron chi connectivity index (χ3n) is 3.16. The van der Waals surface area contributed by atoms with Crippen molar-refractivity contribution in [1.29, 1.82) is 0 Å². The lowest BCUT2D eigenvalue weighted by Crippen LogP contribution is -2.28. The number of nitrogens with one attached hydrogen (secondary N) is 1. The van der Waals surface area contributed by atoms with Gasteiger partial charge in [-0.3, -0.25) is 9.78 Å². The first-order chi connectivity index (χ1) is 9.74. The van der Waals surface area contributed by atoms with Gasteiger partial charge < -0.3 is 10.1 Å². The first-order valence-corrected chi connectivity index (χ1v) is 6.59. The van der Waals surface area contributed by atoms with Crippen molar-refractivity contribution in [3.05, 3.63) is 59.9 Å². The number of amides is 1. The van der Waals surface area contributed by atoms with Gasteiger partial charge in [-0.05, 0) is 36.2 Å². The summed E-state index contributed by atoms with van der Waals surface area (Å²) >= 11 is 0. The molecule has 0 aliphatic rings. The highest BCUT2D eigenvalue weighted by molar-refractivity contribution is 5.94. The Bertz CT molecular complexity index is 552. The van der Waals surface area contributed by atoms with E-state index in [2.05, 4.69) is 10.3 Å². The van der Waals surface area contributed by atoms with Crippen molar-refractivity contribution < 1.29 is 9.53 Å². The summed E-state index contributed by atoms with van der Waals surface area (Å²) < 4.78 is 5.14. The van der Waals surface area contributed by atoms with Crippen LogP contribution in [0.15, 0.2) is 48.8 Å². The minimum absolute atomic E-state index is 0.0198. The molecule has 1 heterocycles. The summed E-state index contributed by atoms with van der Waals surface area (Å²) in [5.41, 5.74) is 1.63. The van der Waals surface area contributed by atoms with Gasteiger partial charge in [0.2, 0.25) is 0 Å². The number of hydrogen-bond donors (Lipinski definition) is 1. The lowest BCUT2D eigenvalue weighted by atomic mass is 10.0. The minimum atomic E-state index is -0.110. The predicted molar refractivity (Wildman–Crippen MR) is 77.7 cm³/mol. The predicted octanol–water partition coefficient (Wildman–Crippen LogP) is 2.97. The zero-order valence-corrected chi connectivity index (χ0v) is 11.7. The number of hydrogen-bond acceptors (Lipinski definition) is 3. The normalized spacial score (nSPS) is 11.7. The quantitative estimate of drug-likeness (QED) is 0.908. The molecule has 0 saturated heterocycles. The average Bonchev–Trinajstić information content (AvgIpc) is 2.53. The van der Waals surface area contributed by atoms with Crippen molar-refractivity contribution in [3.63, 3.8) is 0 Å². The Morgan fingerprint density at radius 2 is 2.05 bits per heavy atom. The highest BCUT2D eigenvalue weighted by Crippen LogP contribution is 2.20. The smallest absolute Gasteiger partial charge is 0.253 e. The van der Waals surface area contributed by atoms with Gasteiger partial charge in [0.25, 0.3) is 5.91 Å². The number of ether oxygens (including phenoxy) is 1. The number of nitrogens with zero attached hydrogens (tertiary/aromatic N) is 1. The summed E-state index contributed by atoms with van der Waals surface area (Å²) in [6.45, 7) is 2.04. The van der Waals surface area contributed by atoms with Crippen molar-refractivity contribution in [2.45, 2.75) is 19.4 Å². The molecular weight excluding hydrogens is 252 g/mol. The van der Waals surface area contributed by atoms with Crippen LogP contribution in [0.4, 0.5) is 0 Å². The SMILES string of the molecule is CCC(NC(=O)c1cccnc1)c1ccc(OC)cc1. The average molecular weight is 270 g/mol. The molecule has 1 N–H and O–H groups in total. The van der Waals surface area contributed by atoms with Gasteiger partial charge in [0.1, 0.15) is 5.75 Å². The molecule has 104 valence electrons. The second kappa shape index (κ2) is 6.70. The zero-order chi connectivity index (χ0) is 14.4. The maximum atomic E-state index is 12.1. The summed E-state index contributed by atoms with van der Waals surface area (Å²) in [4.78, 5) is 16.1. The molecule has 2 rings (SSSR count). The molecule has 1 amide bonds. The van der Waals surface area contributed by atoms with Crippen LogP contribution in [0.3, 0.4) is 0 Å². The van der Waals surface area contributed by atoms with E-state index in [0.717, 1.165) is 17.7 Å². The van der Waals surface area contributed by atoms with Gasteiger partial charge in [0.05, 0.1) is 18.7 Å². The van der Waals surface area contributed by atoms with Gasteiger partial charge in [-0.15, -0.1) is 0 Å². The van der Waals surface area contributed by atoms with Crippen LogP contribution < -0.4 is 10.1 Å². The molecule has 2 aromatic rings. The fourth-order valence-corrected chi connectivity index (χ4v) is 2.00. The molecule has 0 radical (unpaired) electrons. The molecule has 0 spiro atoms. The summed E-state index contributed by atoms with van der Waals surface area (Å²) in [5.74, 6) is 0.697. The molecule has 0 aliphatic heterocycles. The number of carbonyl (C=O) groups is 1. The van der Waals surface area contributed by atoms with Crippen LogP contribution in [-0.2, 0) is 0 Å². The Hall–Kier alpha value is -2.36. The molecule has 0 aliphatic carbocycles. The molecule has 0 bridgehead atoms. The number of rotatable bonds is 5. The number of benzene rings is 1. The zero-order valence-electron chi connectivity index (χ0n) is 11.7. The largest absolute Gasteiger partial charge is 0.497 e. The molecule has 1 unspecified atom stereocenters. The molecule has 1 aromatic heterocycles. The molecule has 20 heavy (non-hydrogen) atoms. The van der Waals surface area contributed by atoms with Crippen LogP contribution >= 0.6 is 0 Å². The minimum Gasteiger partial charge on any atom is -0.497 e. The number of methoxy groups -OCH3 is 1. The molecule has 4 heteroatoms. The highest BCUT2D eigenvalue weighted by atomic mass is 16.5. The van der Waals surface area contributed by atoms with Crippen molar-refractivity contribution >= 4 is 5.91 Å². The van der Waals surface area contributed by atoms with Gasteiger partial charge in [0, 0.05) is 12.4 Å². The van der Waals surface area contributed by atoms with E-state index in [-0.39, 0.29) is 11.9 Å². The highest BCUT2D eigenvalue weighted by Gasteiger charge is 2.14. The Morgan fingerprint density at radius 3 is 2.60 bits per heavy atom. The first-order valence-electron chi connectivity index (χ1n) is 6.59. The molecule has 1 atom stereocenters. The van der Waals surface area contributed by atoms with Crippen molar-refractivity contribution in [1.82, 2.24) is 10.3 Å². The fraction of sp³-hybridized carbons (Fsp3) is 0.250. The van der Waals surface area contributed by atoms with E-state index in [4.69, 9.17) is 4.74 Å². The lowest BCUT2D eigenvalue weighted by Gasteiger charge is -2.17. The van der Waals surface area contributed by atoms with Gasteiger partial charge in [-0.25, -0.2) is 0 Å². The number of aromatic nitrogens is 1. The molecule has 0 fully saturated rings. The summed E-state index contributed by atoms with van der Waals surface area (Å²) in [6.07, 6.45) is 4.03. The molecular formula is C16H18N2O2. The van der Waals surface area contributed by atoms with Crippen molar-refractivity contribution in [3.8, 4) is 5.75 Å². The van der Waals surface area contributed by atoms with E-state index in [1.165, 1.54) is 0 Å². The van der Waals surface area contributed by atoms with Crippen LogP contribution in [0.5, 0.6) is 5.75 Å². The Kier molecular flexibility index (Phi) is 4.71. The van der Waals surface area contributed by atoms with Crippen LogP contribution in [0.1, 0.15) is 35.3 Å².